The maximum Gasteiger partial charge on any atom is 0.351 e. The van der Waals surface area contributed by atoms with Crippen LogP contribution in [0, 0.1) is 0 Å². The third-order valence-electron chi connectivity index (χ3n) is 14.6. The molecule has 5 rings (SSSR count). The molecule has 1 aromatic heterocycles. The first-order valence-electron chi connectivity index (χ1n) is 26.8. The Bertz CT molecular complexity index is 2670. The number of carbonyl (C=O) groups is 1. The number of anilines is 1. The molecular weight excluding hydrogens is 977 g/mol. The predicted octanol–water partition coefficient (Wildman–Crippen LogP) is 15.8. The van der Waals surface area contributed by atoms with Crippen molar-refractivity contribution in [3.05, 3.63) is 177 Å². The minimum atomic E-state index is -3.73. The Kier molecular flexibility index (Phi) is 22.6. The second-order valence-electron chi connectivity index (χ2n) is 22.0. The molecular formula is C63H85F2N3O7Si. The number of alkyl halides is 2. The molecule has 1 saturated heterocycles. The molecule has 0 saturated carbocycles. The van der Waals surface area contributed by atoms with E-state index >= 15 is 8.78 Å². The van der Waals surface area contributed by atoms with E-state index in [2.05, 4.69) is 75.3 Å². The molecule has 412 valence electrons. The Morgan fingerprint density at radius 1 is 0.684 bits per heavy atom. The lowest BCUT2D eigenvalue weighted by molar-refractivity contribution is -0.139. The fourth-order valence-electron chi connectivity index (χ4n) is 8.95. The van der Waals surface area contributed by atoms with Crippen molar-refractivity contribution >= 4 is 20.0 Å². The highest BCUT2D eigenvalue weighted by Gasteiger charge is 2.63. The number of ether oxygens (including phenoxy) is 4. The average Bonchev–Trinajstić information content (AvgIpc) is 3.62. The topological polar surface area (TPSA) is 110 Å². The lowest BCUT2D eigenvalue weighted by atomic mass is 9.80. The van der Waals surface area contributed by atoms with Crippen LogP contribution in [0.1, 0.15) is 149 Å². The molecule has 0 unspecified atom stereocenters. The highest BCUT2D eigenvalue weighted by Crippen LogP contribution is 2.49. The highest BCUT2D eigenvalue weighted by molar-refractivity contribution is 6.74. The number of amides is 1. The van der Waals surface area contributed by atoms with E-state index in [-0.39, 0.29) is 24.8 Å². The van der Waals surface area contributed by atoms with Crippen LogP contribution in [0.25, 0.3) is 0 Å². The van der Waals surface area contributed by atoms with E-state index in [0.29, 0.717) is 29.0 Å². The van der Waals surface area contributed by atoms with Gasteiger partial charge in [-0.05, 0) is 164 Å². The Morgan fingerprint density at radius 2 is 1.16 bits per heavy atom. The summed E-state index contributed by atoms with van der Waals surface area (Å²) in [4.78, 5) is 30.9. The van der Waals surface area contributed by atoms with Crippen LogP contribution in [0.3, 0.4) is 0 Å². The third-order valence-corrected chi connectivity index (χ3v) is 19.1. The van der Waals surface area contributed by atoms with Gasteiger partial charge >= 0.3 is 11.6 Å². The molecule has 2 heterocycles. The van der Waals surface area contributed by atoms with E-state index in [1.54, 1.807) is 14.2 Å². The van der Waals surface area contributed by atoms with Gasteiger partial charge in [0.1, 0.15) is 35.1 Å². The molecule has 1 aliphatic heterocycles. The Labute approximate surface area is 453 Å². The number of hydrogen-bond acceptors (Lipinski definition) is 8. The number of aromatic nitrogens is 2. The predicted molar refractivity (Wildman–Crippen MR) is 307 cm³/mol. The van der Waals surface area contributed by atoms with Gasteiger partial charge in [-0.25, -0.2) is 4.79 Å². The van der Waals surface area contributed by atoms with E-state index < -0.39 is 49.0 Å². The van der Waals surface area contributed by atoms with Crippen molar-refractivity contribution in [1.82, 2.24) is 9.55 Å². The van der Waals surface area contributed by atoms with Crippen LogP contribution in [-0.2, 0) is 24.3 Å². The van der Waals surface area contributed by atoms with Crippen LogP contribution < -0.4 is 20.5 Å². The van der Waals surface area contributed by atoms with Crippen LogP contribution >= 0.6 is 0 Å². The number of carbonyl (C=O) groups excluding carboxylic acids is 1. The van der Waals surface area contributed by atoms with Crippen LogP contribution in [0.15, 0.2) is 154 Å². The molecule has 1 fully saturated rings. The Morgan fingerprint density at radius 3 is 1.63 bits per heavy atom. The molecule has 1 N–H and O–H groups in total. The number of rotatable bonds is 27. The standard InChI is InChI=1S/C63H85F2N3O7Si/c1-45(2)22-19-25-48(5)28-20-26-46(3)23-17-18-24-47(4)27-21-29-49(6)32-41-57(69)66-56-42-43-68(60(70)67-56)59-63(64,65)58(75-76(12,13)61(7,8)9)55(74-59)44-73-62(50-30-15-14-16-31-50,51-33-37-53(71-10)38-34-51)52-35-39-54(72-11)40-36-52/h14-16,22-24,28-31,33-40,42-43,55,58-59H,17-21,25-27,32,41,44H2,1-13H3,(H,66,67,69,70)/b46-23+,47-24+,48-28+,49-29+/t55-,58-,59-/m1/s1. The highest BCUT2D eigenvalue weighted by atomic mass is 28.4. The van der Waals surface area contributed by atoms with Gasteiger partial charge in [-0.3, -0.25) is 9.36 Å². The molecule has 0 bridgehead atoms. The summed E-state index contributed by atoms with van der Waals surface area (Å²) >= 11 is 0. The summed E-state index contributed by atoms with van der Waals surface area (Å²) in [5, 5.41) is 2.24. The van der Waals surface area contributed by atoms with Crippen LogP contribution in [0.2, 0.25) is 18.1 Å². The van der Waals surface area contributed by atoms with Crippen molar-refractivity contribution in [2.75, 3.05) is 26.1 Å². The second kappa shape index (κ2) is 28.1. The molecule has 3 aromatic carbocycles. The zero-order valence-electron chi connectivity index (χ0n) is 47.6. The van der Waals surface area contributed by atoms with Crippen molar-refractivity contribution < 1.29 is 36.9 Å². The summed E-state index contributed by atoms with van der Waals surface area (Å²) in [5.41, 5.74) is 6.47. The van der Waals surface area contributed by atoms with Gasteiger partial charge in [-0.2, -0.15) is 13.8 Å². The van der Waals surface area contributed by atoms with Gasteiger partial charge < -0.3 is 28.7 Å². The molecule has 3 atom stereocenters. The Balaban J connectivity index is 1.25. The van der Waals surface area contributed by atoms with Crippen molar-refractivity contribution in [2.24, 2.45) is 0 Å². The monoisotopic (exact) mass is 1060 g/mol. The van der Waals surface area contributed by atoms with Gasteiger partial charge in [-0.15, -0.1) is 0 Å². The molecule has 0 aliphatic carbocycles. The van der Waals surface area contributed by atoms with E-state index in [4.69, 9.17) is 23.4 Å². The molecule has 4 aromatic rings. The molecule has 0 radical (unpaired) electrons. The number of nitrogens with zero attached hydrogens (tertiary/aromatic N) is 2. The normalized spacial score (nSPS) is 17.6. The Hall–Kier alpha value is -5.73. The summed E-state index contributed by atoms with van der Waals surface area (Å²) in [6.45, 7) is 22.3. The molecule has 1 amide bonds. The fraction of sp³-hybridized carbons (Fsp3) is 0.476. The van der Waals surface area contributed by atoms with Crippen molar-refractivity contribution in [3.63, 3.8) is 0 Å². The molecule has 10 nitrogen and oxygen atoms in total. The number of benzene rings is 3. The van der Waals surface area contributed by atoms with E-state index in [9.17, 15) is 9.59 Å². The van der Waals surface area contributed by atoms with Gasteiger partial charge in [0.25, 0.3) is 0 Å². The van der Waals surface area contributed by atoms with E-state index in [0.717, 1.165) is 67.1 Å². The van der Waals surface area contributed by atoms with Gasteiger partial charge in [-0.1, -0.05) is 134 Å². The smallest absolute Gasteiger partial charge is 0.351 e. The van der Waals surface area contributed by atoms with Crippen molar-refractivity contribution in [3.8, 4) is 11.5 Å². The first kappa shape index (κ1) is 61.1. The summed E-state index contributed by atoms with van der Waals surface area (Å²) in [5.74, 6) is -2.87. The maximum absolute atomic E-state index is 17.3. The lowest BCUT2D eigenvalue weighted by Crippen LogP contribution is -2.53. The van der Waals surface area contributed by atoms with Crippen molar-refractivity contribution in [2.45, 2.75) is 175 Å². The number of allylic oxidation sites excluding steroid dienone is 10. The SMILES string of the molecule is COc1ccc(C(OC[C@H]2O[C@@H](n3ccc(NC(=O)CC/C(C)=C/CC/C(C)=C/CC/C=C(\C)CC/C=C(\C)CCC=C(C)C)nc3=O)C(F)(F)[C@@H]2O[Si](C)(C)C(C)(C)C)(c2ccccc2)c2ccc(OC)cc2)cc1. The largest absolute Gasteiger partial charge is 0.497 e. The van der Waals surface area contributed by atoms with Crippen molar-refractivity contribution in [1.29, 1.82) is 0 Å². The zero-order valence-corrected chi connectivity index (χ0v) is 48.6. The zero-order chi connectivity index (χ0) is 55.7. The van der Waals surface area contributed by atoms with Crippen LogP contribution in [0.5, 0.6) is 11.5 Å². The number of hydrogen-bond donors (Lipinski definition) is 1. The first-order valence-corrected chi connectivity index (χ1v) is 29.8. The van der Waals surface area contributed by atoms with Gasteiger partial charge in [0.15, 0.2) is 8.32 Å². The quantitative estimate of drug-likeness (QED) is 0.0272. The molecule has 1 aliphatic rings. The van der Waals surface area contributed by atoms with Crippen LogP contribution in [-0.4, -0.2) is 62.7 Å². The number of unbranched alkanes of at least 4 members (excludes halogenated alkanes) is 1. The van der Waals surface area contributed by atoms with E-state index in [1.807, 2.05) is 120 Å². The van der Waals surface area contributed by atoms with Gasteiger partial charge in [0.2, 0.25) is 12.1 Å². The van der Waals surface area contributed by atoms with Gasteiger partial charge in [0, 0.05) is 12.6 Å². The summed E-state index contributed by atoms with van der Waals surface area (Å²) in [6, 6.07) is 25.7. The summed E-state index contributed by atoms with van der Waals surface area (Å²) < 4.78 is 66.3. The second-order valence-corrected chi connectivity index (χ2v) is 26.8. The summed E-state index contributed by atoms with van der Waals surface area (Å²) in [7, 11) is 0.254. The molecule has 13 heteroatoms. The third kappa shape index (κ3) is 16.9. The van der Waals surface area contributed by atoms with E-state index in [1.165, 1.54) is 34.6 Å². The minimum Gasteiger partial charge on any atom is -0.497 e. The van der Waals surface area contributed by atoms with Gasteiger partial charge in [0.05, 0.1) is 20.8 Å². The fourth-order valence-corrected chi connectivity index (χ4v) is 10.2. The number of methoxy groups -OCH3 is 2. The van der Waals surface area contributed by atoms with Crippen LogP contribution in [0.4, 0.5) is 14.6 Å². The minimum absolute atomic E-state index is 0.0433. The number of nitrogens with one attached hydrogen (secondary N) is 1. The lowest BCUT2D eigenvalue weighted by Gasteiger charge is -2.41. The maximum atomic E-state index is 17.3. The molecule has 76 heavy (non-hydrogen) atoms. The number of halogens is 2. The summed E-state index contributed by atoms with van der Waals surface area (Å²) in [6.07, 6.45) is 16.3. The first-order chi connectivity index (χ1) is 36.0. The average molecular weight is 1060 g/mol. The molecule has 0 spiro atoms.